The van der Waals surface area contributed by atoms with Crippen molar-refractivity contribution in [3.05, 3.63) is 70.7 Å². The van der Waals surface area contributed by atoms with Crippen LogP contribution >= 0.6 is 0 Å². The molecule has 0 fully saturated rings. The van der Waals surface area contributed by atoms with Crippen LogP contribution in [0.1, 0.15) is 27.9 Å². The molecule has 35 heavy (non-hydrogen) atoms. The number of halogens is 7. The fourth-order valence-electron chi connectivity index (χ4n) is 2.62. The van der Waals surface area contributed by atoms with Gasteiger partial charge in [0, 0.05) is 12.1 Å². The van der Waals surface area contributed by atoms with Crippen LogP contribution in [-0.4, -0.2) is 42.9 Å². The number of hydrogen-bond donors (Lipinski definition) is 3. The normalized spacial score (nSPS) is 12.3. The highest BCUT2D eigenvalue weighted by Gasteiger charge is 2.34. The molecule has 2 aromatic carbocycles. The minimum Gasteiger partial charge on any atom is -0.493 e. The van der Waals surface area contributed by atoms with E-state index in [1.54, 1.807) is 0 Å². The lowest BCUT2D eigenvalue weighted by Gasteiger charge is -2.12. The van der Waals surface area contributed by atoms with Gasteiger partial charge in [-0.2, -0.15) is 26.3 Å². The second kappa shape index (κ2) is 11.7. The molecule has 0 bridgehead atoms. The van der Waals surface area contributed by atoms with E-state index in [2.05, 4.69) is 10.6 Å². The molecule has 13 heteroatoms. The maximum absolute atomic E-state index is 13.9. The van der Waals surface area contributed by atoms with Gasteiger partial charge in [0.25, 0.3) is 11.8 Å². The van der Waals surface area contributed by atoms with E-state index in [1.165, 1.54) is 24.3 Å². The van der Waals surface area contributed by atoms with Gasteiger partial charge in [-0.15, -0.1) is 0 Å². The second-order valence-electron chi connectivity index (χ2n) is 6.97. The van der Waals surface area contributed by atoms with E-state index in [0.29, 0.717) is 12.1 Å². The highest BCUT2D eigenvalue weighted by atomic mass is 19.4. The fraction of sp³-hybridized carbons (Fsp3) is 0.273. The number of nitrogens with one attached hydrogen (secondary N) is 2. The molecule has 6 nitrogen and oxygen atoms in total. The van der Waals surface area contributed by atoms with Crippen LogP contribution in [0, 0.1) is 5.82 Å². The first-order valence-electron chi connectivity index (χ1n) is 9.88. The number of carbonyl (C=O) groups is 2. The van der Waals surface area contributed by atoms with Gasteiger partial charge in [-0.25, -0.2) is 4.39 Å². The molecule has 2 aromatic rings. The highest BCUT2D eigenvalue weighted by molar-refractivity contribution is 6.05. The molecule has 3 N–H and O–H groups in total. The Morgan fingerprint density at radius 2 is 1.66 bits per heavy atom. The number of aliphatic hydroxyl groups excluding tert-OH is 1. The summed E-state index contributed by atoms with van der Waals surface area (Å²) in [6.07, 6.45) is -9.56. The molecule has 0 saturated carbocycles. The quantitative estimate of drug-likeness (QED) is 0.352. The minimum absolute atomic E-state index is 0.0346. The van der Waals surface area contributed by atoms with Crippen LogP contribution in [0.5, 0.6) is 5.75 Å². The number of aliphatic hydroxyl groups is 1. The fourth-order valence-corrected chi connectivity index (χ4v) is 2.62. The topological polar surface area (TPSA) is 87.7 Å². The summed E-state index contributed by atoms with van der Waals surface area (Å²) in [6.45, 7) is -1.29. The monoisotopic (exact) mass is 508 g/mol. The lowest BCUT2D eigenvalue weighted by Crippen LogP contribution is -2.36. The van der Waals surface area contributed by atoms with E-state index >= 15 is 0 Å². The molecule has 0 aliphatic heterocycles. The van der Waals surface area contributed by atoms with Gasteiger partial charge in [-0.05, 0) is 48.0 Å². The summed E-state index contributed by atoms with van der Waals surface area (Å²) in [6, 6.07) is 6.77. The van der Waals surface area contributed by atoms with Crippen molar-refractivity contribution < 1.29 is 50.2 Å². The average molecular weight is 508 g/mol. The summed E-state index contributed by atoms with van der Waals surface area (Å²) in [4.78, 5) is 24.9. The van der Waals surface area contributed by atoms with Gasteiger partial charge in [0.15, 0.2) is 0 Å². The zero-order valence-electron chi connectivity index (χ0n) is 17.8. The molecule has 2 amide bonds. The van der Waals surface area contributed by atoms with Crippen LogP contribution in [0.2, 0.25) is 0 Å². The van der Waals surface area contributed by atoms with Crippen LogP contribution in [-0.2, 0) is 11.0 Å². The molecule has 0 spiro atoms. The number of hydrogen-bond acceptors (Lipinski definition) is 4. The van der Waals surface area contributed by atoms with Crippen LogP contribution < -0.4 is 15.4 Å². The Hall–Kier alpha value is -3.61. The summed E-state index contributed by atoms with van der Waals surface area (Å²) in [5.41, 5.74) is -2.18. The van der Waals surface area contributed by atoms with Gasteiger partial charge in [-0.1, -0.05) is 6.07 Å². The summed E-state index contributed by atoms with van der Waals surface area (Å²) in [5.74, 6) is -3.30. The molecule has 0 saturated heterocycles. The van der Waals surface area contributed by atoms with Crippen LogP contribution in [0.15, 0.2) is 48.2 Å². The van der Waals surface area contributed by atoms with Crippen molar-refractivity contribution in [1.82, 2.24) is 10.6 Å². The Labute approximate surface area is 194 Å². The van der Waals surface area contributed by atoms with Gasteiger partial charge in [0.2, 0.25) is 0 Å². The molecule has 0 aliphatic carbocycles. The lowest BCUT2D eigenvalue weighted by molar-refractivity contribution is -0.140. The Morgan fingerprint density at radius 1 is 1.00 bits per heavy atom. The van der Waals surface area contributed by atoms with Gasteiger partial charge < -0.3 is 20.5 Å². The predicted molar refractivity (Wildman–Crippen MR) is 110 cm³/mol. The summed E-state index contributed by atoms with van der Waals surface area (Å²) >= 11 is 0. The van der Waals surface area contributed by atoms with Crippen molar-refractivity contribution in [1.29, 1.82) is 0 Å². The Bertz CT molecular complexity index is 1060. The minimum atomic E-state index is -4.93. The molecule has 0 atom stereocenters. The lowest BCUT2D eigenvalue weighted by atomic mass is 10.1. The van der Waals surface area contributed by atoms with E-state index in [9.17, 15) is 40.3 Å². The highest BCUT2D eigenvalue weighted by Crippen LogP contribution is 2.31. The van der Waals surface area contributed by atoms with Crippen molar-refractivity contribution in [3.63, 3.8) is 0 Å². The van der Waals surface area contributed by atoms with E-state index in [0.717, 1.165) is 12.1 Å². The third kappa shape index (κ3) is 8.92. The smallest absolute Gasteiger partial charge is 0.419 e. The average Bonchev–Trinajstić information content (AvgIpc) is 2.75. The van der Waals surface area contributed by atoms with E-state index in [1.807, 2.05) is 0 Å². The zero-order chi connectivity index (χ0) is 26.2. The predicted octanol–water partition coefficient (Wildman–Crippen LogP) is 4.06. The van der Waals surface area contributed by atoms with Crippen LogP contribution in [0.25, 0.3) is 6.08 Å². The van der Waals surface area contributed by atoms with Crippen LogP contribution in [0.3, 0.4) is 0 Å². The third-order valence-corrected chi connectivity index (χ3v) is 4.27. The van der Waals surface area contributed by atoms with Crippen molar-refractivity contribution in [2.24, 2.45) is 0 Å². The zero-order valence-corrected chi connectivity index (χ0v) is 17.8. The van der Waals surface area contributed by atoms with Crippen LogP contribution in [0.4, 0.5) is 30.7 Å². The largest absolute Gasteiger partial charge is 0.493 e. The standard InChI is InChI=1S/C22H19F7N2O4/c23-17-11-13(1-6-16(17)22(27,28)29)12-18(20(34)30-8-9-32)31-19(33)14-2-4-15(5-3-14)35-10-7-21(24,25)26/h1-6,11-12,32H,7-10H2,(H,30,34)(H,31,33). The van der Waals surface area contributed by atoms with E-state index in [-0.39, 0.29) is 23.4 Å². The molecular formula is C22H19F7N2O4. The first-order valence-corrected chi connectivity index (χ1v) is 9.88. The maximum Gasteiger partial charge on any atom is 0.419 e. The molecule has 190 valence electrons. The third-order valence-electron chi connectivity index (χ3n) is 4.27. The Balaban J connectivity index is 2.20. The number of ether oxygens (including phenoxy) is 1. The van der Waals surface area contributed by atoms with E-state index < -0.39 is 60.9 Å². The molecule has 0 heterocycles. The van der Waals surface area contributed by atoms with Gasteiger partial charge >= 0.3 is 12.4 Å². The van der Waals surface area contributed by atoms with Crippen molar-refractivity contribution in [2.75, 3.05) is 19.8 Å². The summed E-state index contributed by atoms with van der Waals surface area (Å²) < 4.78 is 93.7. The van der Waals surface area contributed by atoms with Gasteiger partial charge in [0.1, 0.15) is 17.3 Å². The van der Waals surface area contributed by atoms with Crippen molar-refractivity contribution >= 4 is 17.9 Å². The Kier molecular flexibility index (Phi) is 9.23. The first kappa shape index (κ1) is 27.6. The van der Waals surface area contributed by atoms with Gasteiger partial charge in [0.05, 0.1) is 25.2 Å². The number of amides is 2. The molecule has 0 unspecified atom stereocenters. The number of alkyl halides is 6. The maximum atomic E-state index is 13.9. The van der Waals surface area contributed by atoms with E-state index in [4.69, 9.17) is 9.84 Å². The molecular weight excluding hydrogens is 489 g/mol. The second-order valence-corrected chi connectivity index (χ2v) is 6.97. The molecule has 0 radical (unpaired) electrons. The Morgan fingerprint density at radius 3 is 2.20 bits per heavy atom. The summed E-state index contributed by atoms with van der Waals surface area (Å²) in [7, 11) is 0. The number of carbonyl (C=O) groups excluding carboxylic acids is 2. The number of benzene rings is 2. The first-order chi connectivity index (χ1) is 16.3. The molecule has 2 rings (SSSR count). The van der Waals surface area contributed by atoms with Crippen molar-refractivity contribution in [3.8, 4) is 5.75 Å². The van der Waals surface area contributed by atoms with Crippen molar-refractivity contribution in [2.45, 2.75) is 18.8 Å². The number of rotatable bonds is 9. The van der Waals surface area contributed by atoms with Gasteiger partial charge in [-0.3, -0.25) is 9.59 Å². The summed E-state index contributed by atoms with van der Waals surface area (Å²) in [5, 5.41) is 13.3. The molecule has 0 aliphatic rings. The molecule has 0 aromatic heterocycles. The SMILES string of the molecule is O=C(NCCO)C(=Cc1ccc(C(F)(F)F)c(F)c1)NC(=O)c1ccc(OCCC(F)(F)F)cc1.